The summed E-state index contributed by atoms with van der Waals surface area (Å²) in [5.41, 5.74) is -0.492. The molecular formula is C18H28N2O4S. The summed E-state index contributed by atoms with van der Waals surface area (Å²) in [5.74, 6) is 0.814. The third-order valence-electron chi connectivity index (χ3n) is 3.69. The van der Waals surface area contributed by atoms with E-state index in [0.29, 0.717) is 25.3 Å². The number of nitrogens with zero attached hydrogens (tertiary/aromatic N) is 1. The molecule has 140 valence electrons. The number of alkyl carbamates (subject to hydrolysis) is 1. The van der Waals surface area contributed by atoms with Crippen molar-refractivity contribution < 1.29 is 19.1 Å². The number of amides is 2. The number of ether oxygens (including phenoxy) is 2. The van der Waals surface area contributed by atoms with Crippen molar-refractivity contribution in [3.63, 3.8) is 0 Å². The lowest BCUT2D eigenvalue weighted by atomic mass is 10.1. The molecule has 0 radical (unpaired) electrons. The molecule has 2 amide bonds. The average molecular weight is 368 g/mol. The second kappa shape index (κ2) is 9.08. The van der Waals surface area contributed by atoms with Crippen LogP contribution in [0.5, 0.6) is 5.75 Å². The Morgan fingerprint density at radius 3 is 2.64 bits per heavy atom. The van der Waals surface area contributed by atoms with Gasteiger partial charge in [0.25, 0.3) is 5.91 Å². The second-order valence-electron chi connectivity index (χ2n) is 7.13. The number of piperidine rings is 1. The molecule has 0 unspecified atom stereocenters. The van der Waals surface area contributed by atoms with Crippen molar-refractivity contribution in [2.75, 3.05) is 26.2 Å². The summed E-state index contributed by atoms with van der Waals surface area (Å²) >= 11 is 1.42. The fraction of sp³-hybridized carbons (Fsp3) is 0.667. The number of likely N-dealkylation sites (tertiary alicyclic amines) is 1. The molecule has 2 heterocycles. The minimum Gasteiger partial charge on any atom is -0.493 e. The number of nitrogens with one attached hydrogen (secondary N) is 1. The first-order chi connectivity index (χ1) is 11.8. The largest absolute Gasteiger partial charge is 0.493 e. The minimum absolute atomic E-state index is 0.103. The number of hydrogen-bond donors (Lipinski definition) is 1. The molecule has 0 spiro atoms. The van der Waals surface area contributed by atoms with Crippen LogP contribution in [0.1, 0.15) is 56.1 Å². The summed E-state index contributed by atoms with van der Waals surface area (Å²) in [7, 11) is 0. The lowest BCUT2D eigenvalue weighted by molar-refractivity contribution is 0.0525. The number of carbonyl (C=O) groups excluding carboxylic acids is 2. The van der Waals surface area contributed by atoms with E-state index in [1.165, 1.54) is 17.8 Å². The second-order valence-corrected chi connectivity index (χ2v) is 8.04. The van der Waals surface area contributed by atoms with Crippen LogP contribution in [0.25, 0.3) is 0 Å². The molecule has 0 bridgehead atoms. The van der Waals surface area contributed by atoms with Gasteiger partial charge in [0.1, 0.15) is 11.4 Å². The molecule has 1 aliphatic rings. The van der Waals surface area contributed by atoms with Gasteiger partial charge in [-0.25, -0.2) is 4.79 Å². The lowest BCUT2D eigenvalue weighted by Gasteiger charge is -2.26. The van der Waals surface area contributed by atoms with E-state index in [1.54, 1.807) is 0 Å². The molecule has 1 saturated heterocycles. The van der Waals surface area contributed by atoms with Gasteiger partial charge in [0.2, 0.25) is 0 Å². The van der Waals surface area contributed by atoms with Crippen molar-refractivity contribution >= 4 is 23.3 Å². The van der Waals surface area contributed by atoms with E-state index in [0.717, 1.165) is 30.8 Å². The Morgan fingerprint density at radius 1 is 1.24 bits per heavy atom. The van der Waals surface area contributed by atoms with Crippen LogP contribution in [0.3, 0.4) is 0 Å². The predicted molar refractivity (Wildman–Crippen MR) is 98.4 cm³/mol. The van der Waals surface area contributed by atoms with Crippen molar-refractivity contribution in [3.8, 4) is 5.75 Å². The number of thiophene rings is 1. The SMILES string of the molecule is CC(C)(C)OC(=O)NCCCOc1csc(C(=O)N2CCCCC2)c1. The molecule has 25 heavy (non-hydrogen) atoms. The van der Waals surface area contributed by atoms with Crippen LogP contribution in [-0.2, 0) is 4.74 Å². The van der Waals surface area contributed by atoms with E-state index in [1.807, 2.05) is 37.1 Å². The lowest BCUT2D eigenvalue weighted by Crippen LogP contribution is -2.35. The monoisotopic (exact) mass is 368 g/mol. The summed E-state index contributed by atoms with van der Waals surface area (Å²) < 4.78 is 10.8. The van der Waals surface area contributed by atoms with Gasteiger partial charge in [-0.05, 0) is 46.5 Å². The molecule has 1 fully saturated rings. The third kappa shape index (κ3) is 6.94. The zero-order valence-electron chi connectivity index (χ0n) is 15.3. The normalized spacial score (nSPS) is 14.9. The highest BCUT2D eigenvalue weighted by atomic mass is 32.1. The fourth-order valence-corrected chi connectivity index (χ4v) is 3.32. The van der Waals surface area contributed by atoms with Gasteiger partial charge in [-0.1, -0.05) is 0 Å². The van der Waals surface area contributed by atoms with Crippen LogP contribution >= 0.6 is 11.3 Å². The highest BCUT2D eigenvalue weighted by molar-refractivity contribution is 7.12. The van der Waals surface area contributed by atoms with Gasteiger partial charge < -0.3 is 19.7 Å². The van der Waals surface area contributed by atoms with E-state index < -0.39 is 11.7 Å². The number of carbonyl (C=O) groups is 2. The van der Waals surface area contributed by atoms with Crippen molar-refractivity contribution in [2.24, 2.45) is 0 Å². The Hall–Kier alpha value is -1.76. The van der Waals surface area contributed by atoms with Crippen LogP contribution in [0.4, 0.5) is 4.79 Å². The molecular weight excluding hydrogens is 340 g/mol. The Balaban J connectivity index is 1.66. The van der Waals surface area contributed by atoms with E-state index in [2.05, 4.69) is 5.32 Å². The molecule has 0 aliphatic carbocycles. The smallest absolute Gasteiger partial charge is 0.407 e. The van der Waals surface area contributed by atoms with Crippen molar-refractivity contribution in [1.82, 2.24) is 10.2 Å². The van der Waals surface area contributed by atoms with Gasteiger partial charge in [0.15, 0.2) is 0 Å². The Morgan fingerprint density at radius 2 is 1.96 bits per heavy atom. The first-order valence-electron chi connectivity index (χ1n) is 8.82. The maximum absolute atomic E-state index is 12.4. The van der Waals surface area contributed by atoms with Crippen molar-refractivity contribution in [1.29, 1.82) is 0 Å². The number of hydrogen-bond acceptors (Lipinski definition) is 5. The molecule has 2 rings (SSSR count). The Bertz CT molecular complexity index is 574. The van der Waals surface area contributed by atoms with E-state index >= 15 is 0 Å². The third-order valence-corrected chi connectivity index (χ3v) is 4.58. The summed E-state index contributed by atoms with van der Waals surface area (Å²) in [4.78, 5) is 26.5. The van der Waals surface area contributed by atoms with E-state index in [4.69, 9.17) is 9.47 Å². The van der Waals surface area contributed by atoms with Gasteiger partial charge in [-0.3, -0.25) is 4.79 Å². The maximum atomic E-state index is 12.4. The zero-order valence-corrected chi connectivity index (χ0v) is 16.1. The molecule has 0 atom stereocenters. The van der Waals surface area contributed by atoms with Crippen LogP contribution in [0, 0.1) is 0 Å². The zero-order chi connectivity index (χ0) is 18.3. The predicted octanol–water partition coefficient (Wildman–Crippen LogP) is 3.67. The van der Waals surface area contributed by atoms with Crippen molar-refractivity contribution in [2.45, 2.75) is 52.1 Å². The average Bonchev–Trinajstić information content (AvgIpc) is 3.02. The highest BCUT2D eigenvalue weighted by Gasteiger charge is 2.20. The quantitative estimate of drug-likeness (QED) is 0.778. The van der Waals surface area contributed by atoms with E-state index in [9.17, 15) is 9.59 Å². The minimum atomic E-state index is -0.492. The summed E-state index contributed by atoms with van der Waals surface area (Å²) in [5, 5.41) is 4.55. The molecule has 1 N–H and O–H groups in total. The van der Waals surface area contributed by atoms with Gasteiger partial charge in [0, 0.05) is 31.1 Å². The van der Waals surface area contributed by atoms with Crippen molar-refractivity contribution in [3.05, 3.63) is 16.3 Å². The van der Waals surface area contributed by atoms with Gasteiger partial charge in [-0.2, -0.15) is 0 Å². The van der Waals surface area contributed by atoms with Crippen LogP contribution < -0.4 is 10.1 Å². The van der Waals surface area contributed by atoms with Crippen LogP contribution in [0.15, 0.2) is 11.4 Å². The first-order valence-corrected chi connectivity index (χ1v) is 9.70. The molecule has 0 saturated carbocycles. The number of rotatable bonds is 6. The van der Waals surface area contributed by atoms with Gasteiger partial charge >= 0.3 is 6.09 Å². The molecule has 0 aromatic carbocycles. The molecule has 7 heteroatoms. The first kappa shape index (κ1) is 19.6. The van der Waals surface area contributed by atoms with Gasteiger partial charge in [-0.15, -0.1) is 11.3 Å². The molecule has 1 aromatic heterocycles. The highest BCUT2D eigenvalue weighted by Crippen LogP contribution is 2.24. The standard InChI is InChI=1S/C18H28N2O4S/c1-18(2,3)24-17(22)19-8-7-11-23-14-12-15(25-13-14)16(21)20-9-5-4-6-10-20/h12-13H,4-11H2,1-3H3,(H,19,22). The summed E-state index contributed by atoms with van der Waals surface area (Å²) in [6.07, 6.45) is 3.64. The topological polar surface area (TPSA) is 67.9 Å². The fourth-order valence-electron chi connectivity index (χ4n) is 2.53. The molecule has 1 aliphatic heterocycles. The maximum Gasteiger partial charge on any atom is 0.407 e. The Labute approximate surface area is 153 Å². The molecule has 6 nitrogen and oxygen atoms in total. The molecule has 1 aromatic rings. The summed E-state index contributed by atoms with van der Waals surface area (Å²) in [6, 6.07) is 1.81. The Kier molecular flexibility index (Phi) is 7.11. The van der Waals surface area contributed by atoms with E-state index in [-0.39, 0.29) is 5.91 Å². The van der Waals surface area contributed by atoms with Crippen LogP contribution in [0.2, 0.25) is 0 Å². The summed E-state index contributed by atoms with van der Waals surface area (Å²) in [6.45, 7) is 8.15. The van der Waals surface area contributed by atoms with Gasteiger partial charge in [0.05, 0.1) is 11.5 Å². The van der Waals surface area contributed by atoms with Crippen LogP contribution in [-0.4, -0.2) is 48.7 Å².